The molecule has 0 fully saturated rings. The first-order valence-corrected chi connectivity index (χ1v) is 7.51. The third kappa shape index (κ3) is 4.55. The smallest absolute Gasteiger partial charge is 0.221 e. The van der Waals surface area contributed by atoms with Gasteiger partial charge in [-0.3, -0.25) is 9.59 Å². The number of benzene rings is 1. The number of halogens is 1. The van der Waals surface area contributed by atoms with Crippen LogP contribution in [0.1, 0.15) is 44.5 Å². The van der Waals surface area contributed by atoms with Gasteiger partial charge < -0.3 is 9.47 Å². The number of carbonyl (C=O) groups excluding carboxylic acids is 2. The zero-order chi connectivity index (χ0) is 16.7. The van der Waals surface area contributed by atoms with E-state index in [9.17, 15) is 14.0 Å². The predicted octanol–water partition coefficient (Wildman–Crippen LogP) is 3.62. The Labute approximate surface area is 130 Å². The number of hydrogen-bond acceptors (Lipinski definition) is 4. The summed E-state index contributed by atoms with van der Waals surface area (Å²) in [6.07, 6.45) is -2.14. The Morgan fingerprint density at radius 2 is 1.77 bits per heavy atom. The highest BCUT2D eigenvalue weighted by Crippen LogP contribution is 2.33. The topological polar surface area (TPSA) is 52.6 Å². The maximum atomic E-state index is 14.2. The Balaban J connectivity index is 3.10. The van der Waals surface area contributed by atoms with Crippen molar-refractivity contribution in [2.45, 2.75) is 40.3 Å². The van der Waals surface area contributed by atoms with E-state index < -0.39 is 17.7 Å². The molecule has 0 heterocycles. The lowest BCUT2D eigenvalue weighted by molar-refractivity contribution is -0.122. The van der Waals surface area contributed by atoms with E-state index in [1.165, 1.54) is 6.07 Å². The lowest BCUT2D eigenvalue weighted by atomic mass is 9.98. The van der Waals surface area contributed by atoms with Gasteiger partial charge in [0.1, 0.15) is 0 Å². The minimum atomic E-state index is -2.17. The van der Waals surface area contributed by atoms with Gasteiger partial charge in [0.05, 0.1) is 18.8 Å². The van der Waals surface area contributed by atoms with Crippen molar-refractivity contribution in [2.75, 3.05) is 13.2 Å². The van der Waals surface area contributed by atoms with Gasteiger partial charge in [-0.15, -0.1) is 0 Å². The van der Waals surface area contributed by atoms with Gasteiger partial charge in [0.25, 0.3) is 0 Å². The molecule has 0 spiro atoms. The van der Waals surface area contributed by atoms with Gasteiger partial charge in [0.15, 0.2) is 17.3 Å². The largest absolute Gasteiger partial charge is 0.490 e. The summed E-state index contributed by atoms with van der Waals surface area (Å²) in [5, 5.41) is 0. The number of Topliss-reactive ketones (excluding diaryl/α,β-unsaturated/α-hetero) is 2. The number of alkyl halides is 1. The summed E-state index contributed by atoms with van der Waals surface area (Å²) in [4.78, 5) is 24.1. The van der Waals surface area contributed by atoms with E-state index in [2.05, 4.69) is 0 Å². The molecule has 1 atom stereocenters. The number of carbonyl (C=O) groups is 2. The fourth-order valence-electron chi connectivity index (χ4n) is 2.06. The van der Waals surface area contributed by atoms with Crippen LogP contribution in [0.25, 0.3) is 0 Å². The molecule has 0 saturated carbocycles. The Bertz CT molecular complexity index is 525. The van der Waals surface area contributed by atoms with Crippen LogP contribution in [-0.2, 0) is 4.79 Å². The summed E-state index contributed by atoms with van der Waals surface area (Å²) in [6.45, 7) is 7.86. The number of rotatable bonds is 9. The van der Waals surface area contributed by atoms with Crippen LogP contribution in [0.3, 0.4) is 0 Å². The molecule has 1 unspecified atom stereocenters. The van der Waals surface area contributed by atoms with Gasteiger partial charge in [0, 0.05) is 6.42 Å². The van der Waals surface area contributed by atoms with Crippen LogP contribution in [-0.4, -0.2) is 31.0 Å². The minimum Gasteiger partial charge on any atom is -0.490 e. The molecule has 0 aliphatic carbocycles. The van der Waals surface area contributed by atoms with Crippen LogP contribution in [0.15, 0.2) is 18.2 Å². The number of para-hydroxylation sites is 1. The molecule has 5 heteroatoms. The third-order valence-corrected chi connectivity index (χ3v) is 2.96. The van der Waals surface area contributed by atoms with E-state index in [4.69, 9.17) is 9.47 Å². The maximum absolute atomic E-state index is 14.2. The Morgan fingerprint density at radius 1 is 1.14 bits per heavy atom. The third-order valence-electron chi connectivity index (χ3n) is 2.96. The molecule has 0 aliphatic heterocycles. The molecular formula is C17H23FO4. The first kappa shape index (κ1) is 18.1. The molecule has 0 aliphatic rings. The van der Waals surface area contributed by atoms with Crippen molar-refractivity contribution in [3.63, 3.8) is 0 Å². The van der Waals surface area contributed by atoms with E-state index in [1.807, 2.05) is 0 Å². The summed E-state index contributed by atoms with van der Waals surface area (Å²) < 4.78 is 25.0. The summed E-state index contributed by atoms with van der Waals surface area (Å²) in [5.74, 6) is -1.02. The molecule has 0 radical (unpaired) electrons. The summed E-state index contributed by atoms with van der Waals surface area (Å²) in [7, 11) is 0. The van der Waals surface area contributed by atoms with Crippen LogP contribution in [0.4, 0.5) is 4.39 Å². The fourth-order valence-corrected chi connectivity index (χ4v) is 2.06. The first-order valence-electron chi connectivity index (χ1n) is 7.51. The molecule has 122 valence electrons. The SMILES string of the molecule is CCOc1cccc(C(=O)C(F)C(=O)CC(C)C)c1OCC. The van der Waals surface area contributed by atoms with Gasteiger partial charge in [-0.1, -0.05) is 19.9 Å². The molecule has 1 aromatic carbocycles. The van der Waals surface area contributed by atoms with E-state index in [1.54, 1.807) is 39.8 Å². The molecule has 0 saturated heterocycles. The monoisotopic (exact) mass is 310 g/mol. The lowest BCUT2D eigenvalue weighted by Gasteiger charge is -2.15. The standard InChI is InChI=1S/C17H23FO4/c1-5-21-14-9-7-8-12(17(14)22-6-2)16(20)15(18)13(19)10-11(3)4/h7-9,11,15H,5-6,10H2,1-4H3. The molecule has 4 nitrogen and oxygen atoms in total. The van der Waals surface area contributed by atoms with Crippen molar-refractivity contribution in [1.29, 1.82) is 0 Å². The summed E-state index contributed by atoms with van der Waals surface area (Å²) in [6, 6.07) is 4.68. The van der Waals surface area contributed by atoms with Crippen LogP contribution in [0, 0.1) is 5.92 Å². The number of ether oxygens (including phenoxy) is 2. The Kier molecular flexibility index (Phi) is 7.02. The van der Waals surface area contributed by atoms with Crippen molar-refractivity contribution < 1.29 is 23.5 Å². The highest BCUT2D eigenvalue weighted by Gasteiger charge is 2.30. The molecule has 0 bridgehead atoms. The predicted molar refractivity (Wildman–Crippen MR) is 82.5 cm³/mol. The fraction of sp³-hybridized carbons (Fsp3) is 0.529. The maximum Gasteiger partial charge on any atom is 0.221 e. The van der Waals surface area contributed by atoms with Crippen molar-refractivity contribution in [1.82, 2.24) is 0 Å². The molecule has 0 amide bonds. The highest BCUT2D eigenvalue weighted by atomic mass is 19.1. The average Bonchev–Trinajstić information content (AvgIpc) is 2.47. The van der Waals surface area contributed by atoms with Crippen molar-refractivity contribution in [3.8, 4) is 11.5 Å². The average molecular weight is 310 g/mol. The van der Waals surface area contributed by atoms with Crippen LogP contribution < -0.4 is 9.47 Å². The second-order valence-electron chi connectivity index (χ2n) is 5.29. The molecular weight excluding hydrogens is 287 g/mol. The molecule has 1 aromatic rings. The van der Waals surface area contributed by atoms with Crippen LogP contribution in [0.5, 0.6) is 11.5 Å². The van der Waals surface area contributed by atoms with Gasteiger partial charge in [-0.25, -0.2) is 4.39 Å². The number of hydrogen-bond donors (Lipinski definition) is 0. The van der Waals surface area contributed by atoms with Gasteiger partial charge in [-0.05, 0) is 31.9 Å². The normalized spacial score (nSPS) is 12.1. The second kappa shape index (κ2) is 8.51. The molecule has 1 rings (SSSR count). The quantitative estimate of drug-likeness (QED) is 0.516. The summed E-state index contributed by atoms with van der Waals surface area (Å²) >= 11 is 0. The van der Waals surface area contributed by atoms with Crippen molar-refractivity contribution >= 4 is 11.6 Å². The molecule has 22 heavy (non-hydrogen) atoms. The number of ketones is 2. The Hall–Kier alpha value is -1.91. The second-order valence-corrected chi connectivity index (χ2v) is 5.29. The van der Waals surface area contributed by atoms with E-state index in [0.29, 0.717) is 19.0 Å². The molecule has 0 aromatic heterocycles. The van der Waals surface area contributed by atoms with Gasteiger partial charge in [-0.2, -0.15) is 0 Å². The molecule has 0 N–H and O–H groups in total. The Morgan fingerprint density at radius 3 is 2.32 bits per heavy atom. The zero-order valence-electron chi connectivity index (χ0n) is 13.5. The van der Waals surface area contributed by atoms with Gasteiger partial charge in [0.2, 0.25) is 12.0 Å². The summed E-state index contributed by atoms with van der Waals surface area (Å²) in [5.41, 5.74) is 0.0393. The van der Waals surface area contributed by atoms with E-state index in [0.717, 1.165) is 0 Å². The van der Waals surface area contributed by atoms with Crippen LogP contribution in [0.2, 0.25) is 0 Å². The lowest BCUT2D eigenvalue weighted by Crippen LogP contribution is -2.27. The first-order chi connectivity index (χ1) is 10.4. The van der Waals surface area contributed by atoms with Gasteiger partial charge >= 0.3 is 0 Å². The van der Waals surface area contributed by atoms with E-state index >= 15 is 0 Å². The minimum absolute atomic E-state index is 0.000304. The van der Waals surface area contributed by atoms with E-state index in [-0.39, 0.29) is 23.7 Å². The highest BCUT2D eigenvalue weighted by molar-refractivity contribution is 6.14. The van der Waals surface area contributed by atoms with Crippen LogP contribution >= 0.6 is 0 Å². The zero-order valence-corrected chi connectivity index (χ0v) is 13.5. The van der Waals surface area contributed by atoms with Crippen molar-refractivity contribution in [2.24, 2.45) is 5.92 Å². The van der Waals surface area contributed by atoms with Crippen molar-refractivity contribution in [3.05, 3.63) is 23.8 Å².